The first-order chi connectivity index (χ1) is 13.0. The molecule has 27 heavy (non-hydrogen) atoms. The minimum absolute atomic E-state index is 0.0599. The second-order valence-electron chi connectivity index (χ2n) is 6.73. The molecule has 1 fully saturated rings. The van der Waals surface area contributed by atoms with Crippen LogP contribution in [0.1, 0.15) is 27.9 Å². The van der Waals surface area contributed by atoms with E-state index in [1.165, 1.54) is 0 Å². The van der Waals surface area contributed by atoms with Gasteiger partial charge in [0.15, 0.2) is 0 Å². The molecule has 6 heteroatoms. The van der Waals surface area contributed by atoms with Gasteiger partial charge in [-0.25, -0.2) is 0 Å². The summed E-state index contributed by atoms with van der Waals surface area (Å²) in [7, 11) is 1.58. The van der Waals surface area contributed by atoms with Gasteiger partial charge in [-0.05, 0) is 43.2 Å². The molecular formula is C21H23ClN2O3. The van der Waals surface area contributed by atoms with Crippen LogP contribution in [0.5, 0.6) is 5.75 Å². The number of nitrogens with one attached hydrogen (secondary N) is 1. The predicted molar refractivity (Wildman–Crippen MR) is 105 cm³/mol. The minimum Gasteiger partial charge on any atom is -0.496 e. The monoisotopic (exact) mass is 386 g/mol. The van der Waals surface area contributed by atoms with Gasteiger partial charge in [-0.15, -0.1) is 0 Å². The van der Waals surface area contributed by atoms with Crippen LogP contribution in [0.15, 0.2) is 42.5 Å². The maximum atomic E-state index is 12.6. The smallest absolute Gasteiger partial charge is 0.251 e. The number of methoxy groups -OCH3 is 1. The lowest BCUT2D eigenvalue weighted by Gasteiger charge is -2.18. The molecule has 1 heterocycles. The molecule has 0 saturated carbocycles. The van der Waals surface area contributed by atoms with Crippen LogP contribution in [-0.2, 0) is 11.2 Å². The molecule has 2 aromatic rings. The highest BCUT2D eigenvalue weighted by Crippen LogP contribution is 2.21. The van der Waals surface area contributed by atoms with Crippen LogP contribution in [-0.4, -0.2) is 43.0 Å². The van der Waals surface area contributed by atoms with Gasteiger partial charge >= 0.3 is 0 Å². The lowest BCUT2D eigenvalue weighted by molar-refractivity contribution is -0.127. The fourth-order valence-corrected chi connectivity index (χ4v) is 3.60. The molecule has 5 nitrogen and oxygen atoms in total. The highest BCUT2D eigenvalue weighted by atomic mass is 35.5. The summed E-state index contributed by atoms with van der Waals surface area (Å²) in [4.78, 5) is 26.7. The first kappa shape index (κ1) is 19.2. The average Bonchev–Trinajstić information content (AvgIpc) is 2.99. The van der Waals surface area contributed by atoms with Crippen LogP contribution in [0.2, 0.25) is 5.02 Å². The molecule has 3 rings (SSSR count). The van der Waals surface area contributed by atoms with E-state index in [9.17, 15) is 9.59 Å². The van der Waals surface area contributed by atoms with E-state index in [1.807, 2.05) is 37.3 Å². The normalized spacial score (nSPS) is 16.5. The van der Waals surface area contributed by atoms with Crippen molar-refractivity contribution in [2.75, 3.05) is 20.2 Å². The van der Waals surface area contributed by atoms with E-state index in [4.69, 9.17) is 16.3 Å². The van der Waals surface area contributed by atoms with E-state index in [0.717, 1.165) is 17.5 Å². The van der Waals surface area contributed by atoms with Crippen molar-refractivity contribution in [1.82, 2.24) is 10.2 Å². The third-order valence-corrected chi connectivity index (χ3v) is 5.09. The Labute approximate surface area is 164 Å². The van der Waals surface area contributed by atoms with E-state index >= 15 is 0 Å². The zero-order valence-electron chi connectivity index (χ0n) is 15.5. The number of ether oxygens (including phenoxy) is 1. The van der Waals surface area contributed by atoms with E-state index in [0.29, 0.717) is 35.8 Å². The third-order valence-electron chi connectivity index (χ3n) is 4.86. The van der Waals surface area contributed by atoms with Gasteiger partial charge in [-0.2, -0.15) is 0 Å². The summed E-state index contributed by atoms with van der Waals surface area (Å²) in [5.74, 6) is 0.555. The topological polar surface area (TPSA) is 58.6 Å². The van der Waals surface area contributed by atoms with Gasteiger partial charge in [0.2, 0.25) is 5.91 Å². The Bertz CT molecular complexity index is 853. The highest BCUT2D eigenvalue weighted by Gasteiger charge is 2.30. The summed E-state index contributed by atoms with van der Waals surface area (Å²) in [6, 6.07) is 12.8. The van der Waals surface area contributed by atoms with E-state index in [-0.39, 0.29) is 17.9 Å². The summed E-state index contributed by atoms with van der Waals surface area (Å²) in [5, 5.41) is 3.67. The van der Waals surface area contributed by atoms with Gasteiger partial charge in [0.25, 0.3) is 5.91 Å². The molecule has 1 aliphatic heterocycles. The Morgan fingerprint density at radius 2 is 2.07 bits per heavy atom. The van der Waals surface area contributed by atoms with Crippen molar-refractivity contribution in [3.05, 3.63) is 64.2 Å². The molecular weight excluding hydrogens is 364 g/mol. The summed E-state index contributed by atoms with van der Waals surface area (Å²) >= 11 is 6.00. The molecule has 0 aliphatic carbocycles. The molecule has 142 valence electrons. The van der Waals surface area contributed by atoms with Crippen molar-refractivity contribution in [1.29, 1.82) is 0 Å². The first-order valence-corrected chi connectivity index (χ1v) is 9.32. The molecule has 0 spiro atoms. The van der Waals surface area contributed by atoms with E-state index < -0.39 is 0 Å². The third kappa shape index (κ3) is 4.61. The van der Waals surface area contributed by atoms with E-state index in [1.54, 1.807) is 24.1 Å². The van der Waals surface area contributed by atoms with Gasteiger partial charge < -0.3 is 15.0 Å². The number of hydrogen-bond acceptors (Lipinski definition) is 3. The Balaban J connectivity index is 1.58. The first-order valence-electron chi connectivity index (χ1n) is 8.94. The average molecular weight is 387 g/mol. The zero-order chi connectivity index (χ0) is 19.4. The van der Waals surface area contributed by atoms with Gasteiger partial charge in [-0.3, -0.25) is 9.59 Å². The van der Waals surface area contributed by atoms with Crippen LogP contribution in [0.3, 0.4) is 0 Å². The van der Waals surface area contributed by atoms with Crippen molar-refractivity contribution in [3.63, 3.8) is 0 Å². The fraction of sp³-hybridized carbons (Fsp3) is 0.333. The molecule has 2 aromatic carbocycles. The van der Waals surface area contributed by atoms with Crippen LogP contribution < -0.4 is 10.1 Å². The number of hydrogen-bond donors (Lipinski definition) is 1. The Hall–Kier alpha value is -2.53. The maximum absolute atomic E-state index is 12.6. The van der Waals surface area contributed by atoms with Crippen molar-refractivity contribution in [3.8, 4) is 5.75 Å². The van der Waals surface area contributed by atoms with Crippen LogP contribution >= 0.6 is 11.6 Å². The number of rotatable bonds is 6. The van der Waals surface area contributed by atoms with Crippen LogP contribution in [0.4, 0.5) is 0 Å². The minimum atomic E-state index is -0.185. The SMILES string of the molecule is COc1cccc(C(=O)N[C@@H]2CC(=O)N(CCc3cccc(Cl)c3)C2)c1C. The van der Waals surface area contributed by atoms with Crippen LogP contribution in [0, 0.1) is 6.92 Å². The fourth-order valence-electron chi connectivity index (χ4n) is 3.39. The molecule has 1 atom stereocenters. The second-order valence-corrected chi connectivity index (χ2v) is 7.16. The number of benzene rings is 2. The molecule has 1 aliphatic rings. The Morgan fingerprint density at radius 1 is 1.30 bits per heavy atom. The summed E-state index contributed by atoms with van der Waals surface area (Å²) in [6.45, 7) is 2.99. The van der Waals surface area contributed by atoms with Crippen molar-refractivity contribution < 1.29 is 14.3 Å². The van der Waals surface area contributed by atoms with Gasteiger partial charge in [-0.1, -0.05) is 29.8 Å². The predicted octanol–water partition coefficient (Wildman–Crippen LogP) is 3.23. The van der Waals surface area contributed by atoms with Gasteiger partial charge in [0.1, 0.15) is 5.75 Å². The standard InChI is InChI=1S/C21H23ClN2O3/c1-14-18(7-4-8-19(14)27-2)21(26)23-17-12-20(25)24(13-17)10-9-15-5-3-6-16(22)11-15/h3-8,11,17H,9-10,12-13H2,1-2H3,(H,23,26)/t17-/m1/s1. The van der Waals surface area contributed by atoms with Crippen molar-refractivity contribution in [2.24, 2.45) is 0 Å². The lowest BCUT2D eigenvalue weighted by Crippen LogP contribution is -2.37. The number of carbonyl (C=O) groups excluding carboxylic acids is 2. The molecule has 0 unspecified atom stereocenters. The molecule has 0 radical (unpaired) electrons. The van der Waals surface area contributed by atoms with Crippen molar-refractivity contribution >= 4 is 23.4 Å². The molecule has 2 amide bonds. The Kier molecular flexibility index (Phi) is 6.01. The molecule has 1 N–H and O–H groups in total. The number of halogens is 1. The van der Waals surface area contributed by atoms with Gasteiger partial charge in [0.05, 0.1) is 13.2 Å². The largest absolute Gasteiger partial charge is 0.496 e. The van der Waals surface area contributed by atoms with Crippen LogP contribution in [0.25, 0.3) is 0 Å². The molecule has 1 saturated heterocycles. The number of likely N-dealkylation sites (tertiary alicyclic amines) is 1. The number of nitrogens with zero attached hydrogens (tertiary/aromatic N) is 1. The summed E-state index contributed by atoms with van der Waals surface area (Å²) in [5.41, 5.74) is 2.45. The Morgan fingerprint density at radius 3 is 2.81 bits per heavy atom. The molecule has 0 aromatic heterocycles. The quantitative estimate of drug-likeness (QED) is 0.829. The maximum Gasteiger partial charge on any atom is 0.251 e. The summed E-state index contributed by atoms with van der Waals surface area (Å²) in [6.07, 6.45) is 1.06. The van der Waals surface area contributed by atoms with Gasteiger partial charge in [0, 0.05) is 35.7 Å². The number of carbonyl (C=O) groups is 2. The zero-order valence-corrected chi connectivity index (χ0v) is 16.3. The summed E-state index contributed by atoms with van der Waals surface area (Å²) < 4.78 is 5.27. The molecule has 0 bridgehead atoms. The second kappa shape index (κ2) is 8.44. The highest BCUT2D eigenvalue weighted by molar-refractivity contribution is 6.30. The lowest BCUT2D eigenvalue weighted by atomic mass is 10.1. The van der Waals surface area contributed by atoms with Crippen molar-refractivity contribution in [2.45, 2.75) is 25.8 Å². The van der Waals surface area contributed by atoms with E-state index in [2.05, 4.69) is 5.32 Å². The number of amides is 2.